The molecule has 0 spiro atoms. The monoisotopic (exact) mass is 490 g/mol. The molecule has 0 radical (unpaired) electrons. The van der Waals surface area contributed by atoms with Crippen molar-refractivity contribution in [1.82, 2.24) is 14.9 Å². The molecule has 2 amide bonds. The summed E-state index contributed by atoms with van der Waals surface area (Å²) in [6, 6.07) is 4.39. The quantitative estimate of drug-likeness (QED) is 0.449. The number of benzene rings is 1. The van der Waals surface area contributed by atoms with Gasteiger partial charge in [-0.2, -0.15) is 13.4 Å². The van der Waals surface area contributed by atoms with Crippen LogP contribution in [0.5, 0.6) is 5.75 Å². The molecule has 1 fully saturated rings. The first-order chi connectivity index (χ1) is 15.9. The molecule has 1 aliphatic rings. The summed E-state index contributed by atoms with van der Waals surface area (Å²) in [6.45, 7) is 7.27. The molecule has 11 nitrogen and oxygen atoms in total. The number of primary amides is 1. The molecule has 2 heterocycles. The fraction of sp³-hybridized carbons (Fsp3) is 0.455. The maximum atomic E-state index is 12.9. The van der Waals surface area contributed by atoms with Gasteiger partial charge in [0.15, 0.2) is 0 Å². The molecular weight excluding hydrogens is 460 g/mol. The van der Waals surface area contributed by atoms with Crippen LogP contribution in [0.4, 0.5) is 17.5 Å². The maximum Gasteiger partial charge on any atom is 0.306 e. The van der Waals surface area contributed by atoms with Crippen LogP contribution in [0.1, 0.15) is 54.3 Å². The number of nitrogens with zero attached hydrogens (tertiary/aromatic N) is 3. The van der Waals surface area contributed by atoms with E-state index in [4.69, 9.17) is 9.92 Å². The van der Waals surface area contributed by atoms with Crippen LogP contribution in [-0.2, 0) is 10.1 Å². The van der Waals surface area contributed by atoms with Crippen molar-refractivity contribution in [2.75, 3.05) is 30.0 Å². The molecule has 1 aromatic heterocycles. The lowest BCUT2D eigenvalue weighted by Crippen LogP contribution is -2.27. The van der Waals surface area contributed by atoms with E-state index in [1.54, 1.807) is 11.0 Å². The average Bonchev–Trinajstić information content (AvgIpc) is 3.26. The number of nitrogens with one attached hydrogen (secondary N) is 2. The molecule has 0 bridgehead atoms. The molecule has 4 N–H and O–H groups in total. The summed E-state index contributed by atoms with van der Waals surface area (Å²) in [6.07, 6.45) is 4.07. The third-order valence-corrected chi connectivity index (χ3v) is 5.96. The first-order valence-electron chi connectivity index (χ1n) is 11.0. The van der Waals surface area contributed by atoms with Gasteiger partial charge < -0.3 is 25.5 Å². The number of hydrogen-bond acceptors (Lipinski definition) is 9. The summed E-state index contributed by atoms with van der Waals surface area (Å²) in [5.74, 6) is -0.265. The minimum Gasteiger partial charge on any atom is -0.383 e. The van der Waals surface area contributed by atoms with Gasteiger partial charge in [0.25, 0.3) is 11.8 Å². The van der Waals surface area contributed by atoms with Crippen LogP contribution in [0.25, 0.3) is 0 Å². The summed E-state index contributed by atoms with van der Waals surface area (Å²) >= 11 is 0. The van der Waals surface area contributed by atoms with Crippen molar-refractivity contribution in [3.05, 3.63) is 35.5 Å². The summed E-state index contributed by atoms with van der Waals surface area (Å²) in [7, 11) is -3.82. The fourth-order valence-electron chi connectivity index (χ4n) is 3.36. The van der Waals surface area contributed by atoms with E-state index >= 15 is 0 Å². The second-order valence-corrected chi connectivity index (χ2v) is 10.2. The Morgan fingerprint density at radius 3 is 2.41 bits per heavy atom. The van der Waals surface area contributed by atoms with Crippen LogP contribution < -0.4 is 20.6 Å². The topological polar surface area (TPSA) is 157 Å². The molecule has 0 saturated carbocycles. The second kappa shape index (κ2) is 10.2. The fourth-order valence-corrected chi connectivity index (χ4v) is 3.81. The molecule has 0 aliphatic carbocycles. The van der Waals surface area contributed by atoms with E-state index < -0.39 is 16.0 Å². The minimum atomic E-state index is -3.82. The Morgan fingerprint density at radius 1 is 1.15 bits per heavy atom. The van der Waals surface area contributed by atoms with Crippen molar-refractivity contribution in [2.45, 2.75) is 39.7 Å². The van der Waals surface area contributed by atoms with Crippen LogP contribution in [0.15, 0.2) is 24.4 Å². The van der Waals surface area contributed by atoms with Crippen molar-refractivity contribution in [1.29, 1.82) is 0 Å². The number of carbonyl (C=O) groups is 2. The van der Waals surface area contributed by atoms with E-state index in [1.807, 2.05) is 20.8 Å². The third-order valence-electron chi connectivity index (χ3n) is 5.47. The zero-order valence-electron chi connectivity index (χ0n) is 19.7. The zero-order valence-corrected chi connectivity index (χ0v) is 20.5. The summed E-state index contributed by atoms with van der Waals surface area (Å²) in [5, 5.41) is 6.13. The molecule has 2 aromatic rings. The highest BCUT2D eigenvalue weighted by molar-refractivity contribution is 7.86. The number of nitrogens with two attached hydrogens (primary N) is 1. The van der Waals surface area contributed by atoms with Crippen molar-refractivity contribution in [2.24, 2.45) is 11.7 Å². The number of anilines is 3. The third kappa shape index (κ3) is 6.56. The molecule has 1 aliphatic heterocycles. The molecule has 3 rings (SSSR count). The average molecular weight is 491 g/mol. The number of rotatable bonds is 9. The SMILES string of the molecule is CC(C)[C@@H](C)Nc1nc(Nc2cc(OS(C)(=O)=O)cc(C(=O)N3CCCC3)c2)ncc1C(N)=O. The predicted molar refractivity (Wildman–Crippen MR) is 129 cm³/mol. The summed E-state index contributed by atoms with van der Waals surface area (Å²) < 4.78 is 28.4. The smallest absolute Gasteiger partial charge is 0.306 e. The highest BCUT2D eigenvalue weighted by atomic mass is 32.2. The van der Waals surface area contributed by atoms with Crippen molar-refractivity contribution in [3.63, 3.8) is 0 Å². The lowest BCUT2D eigenvalue weighted by atomic mass is 10.1. The number of aromatic nitrogens is 2. The number of hydrogen-bond donors (Lipinski definition) is 3. The van der Waals surface area contributed by atoms with E-state index in [2.05, 4.69) is 20.6 Å². The first-order valence-corrected chi connectivity index (χ1v) is 12.8. The Morgan fingerprint density at radius 2 is 1.82 bits per heavy atom. The van der Waals surface area contributed by atoms with E-state index in [1.165, 1.54) is 18.3 Å². The Labute approximate surface area is 199 Å². The first kappa shape index (κ1) is 25.2. The van der Waals surface area contributed by atoms with Gasteiger partial charge in [0.1, 0.15) is 11.6 Å². The molecule has 0 unspecified atom stereocenters. The molecule has 1 aromatic carbocycles. The molecular formula is C22H30N6O5S. The van der Waals surface area contributed by atoms with Gasteiger partial charge in [-0.15, -0.1) is 0 Å². The Balaban J connectivity index is 1.96. The Bertz CT molecular complexity index is 1180. The Kier molecular flexibility index (Phi) is 7.60. The van der Waals surface area contributed by atoms with E-state index in [0.29, 0.717) is 18.8 Å². The molecule has 34 heavy (non-hydrogen) atoms. The van der Waals surface area contributed by atoms with Crippen molar-refractivity contribution in [3.8, 4) is 5.75 Å². The van der Waals surface area contributed by atoms with E-state index in [-0.39, 0.29) is 46.5 Å². The Hall–Kier alpha value is -3.41. The minimum absolute atomic E-state index is 0.00276. The lowest BCUT2D eigenvalue weighted by molar-refractivity contribution is 0.0792. The van der Waals surface area contributed by atoms with Crippen molar-refractivity contribution >= 4 is 39.4 Å². The van der Waals surface area contributed by atoms with Crippen LogP contribution >= 0.6 is 0 Å². The summed E-state index contributed by atoms with van der Waals surface area (Å²) in [5.41, 5.74) is 6.22. The van der Waals surface area contributed by atoms with Gasteiger partial charge in [-0.3, -0.25) is 9.59 Å². The van der Waals surface area contributed by atoms with Crippen LogP contribution in [0.2, 0.25) is 0 Å². The number of amides is 2. The normalized spacial score (nSPS) is 14.7. The molecule has 12 heteroatoms. The summed E-state index contributed by atoms with van der Waals surface area (Å²) in [4.78, 5) is 35.0. The molecule has 1 atom stereocenters. The zero-order chi connectivity index (χ0) is 25.0. The van der Waals surface area contributed by atoms with Gasteiger partial charge in [-0.05, 0) is 37.8 Å². The lowest BCUT2D eigenvalue weighted by Gasteiger charge is -2.20. The van der Waals surface area contributed by atoms with Crippen LogP contribution in [0.3, 0.4) is 0 Å². The number of likely N-dealkylation sites (tertiary alicyclic amines) is 1. The largest absolute Gasteiger partial charge is 0.383 e. The predicted octanol–water partition coefficient (Wildman–Crippen LogP) is 2.35. The molecule has 184 valence electrons. The van der Waals surface area contributed by atoms with Gasteiger partial charge in [0.2, 0.25) is 5.95 Å². The van der Waals surface area contributed by atoms with Crippen LogP contribution in [-0.4, -0.2) is 60.5 Å². The van der Waals surface area contributed by atoms with Gasteiger partial charge in [-0.25, -0.2) is 4.98 Å². The van der Waals surface area contributed by atoms with E-state index in [9.17, 15) is 18.0 Å². The highest BCUT2D eigenvalue weighted by Gasteiger charge is 2.22. The standard InChI is InChI=1S/C22H30N6O5S/c1-13(2)14(3)25-20-18(19(23)29)12-24-22(27-20)26-16-9-15(21(30)28-7-5-6-8-28)10-17(11-16)33-34(4,31)32/h9-14H,5-8H2,1-4H3,(H2,23,29)(H2,24,25,26,27)/t14-/m1/s1. The van der Waals surface area contributed by atoms with Gasteiger partial charge in [0, 0.05) is 42.6 Å². The van der Waals surface area contributed by atoms with E-state index in [0.717, 1.165) is 19.1 Å². The van der Waals surface area contributed by atoms with Gasteiger partial charge >= 0.3 is 10.1 Å². The van der Waals surface area contributed by atoms with Crippen LogP contribution in [0, 0.1) is 5.92 Å². The maximum absolute atomic E-state index is 12.9. The van der Waals surface area contributed by atoms with Gasteiger partial charge in [-0.1, -0.05) is 13.8 Å². The van der Waals surface area contributed by atoms with Crippen molar-refractivity contribution < 1.29 is 22.2 Å². The molecule has 1 saturated heterocycles. The second-order valence-electron chi connectivity index (χ2n) is 8.66. The number of carbonyl (C=O) groups excluding carboxylic acids is 2. The van der Waals surface area contributed by atoms with Gasteiger partial charge in [0.05, 0.1) is 11.8 Å². The highest BCUT2D eigenvalue weighted by Crippen LogP contribution is 2.27.